The summed E-state index contributed by atoms with van der Waals surface area (Å²) < 4.78 is 39.2. The predicted molar refractivity (Wildman–Crippen MR) is 121 cm³/mol. The molecule has 0 bridgehead atoms. The van der Waals surface area contributed by atoms with Crippen molar-refractivity contribution >= 4 is 6.21 Å². The summed E-state index contributed by atoms with van der Waals surface area (Å²) in [5.41, 5.74) is 4.37. The molecule has 0 atom stereocenters. The number of rotatable bonds is 10. The molecule has 0 amide bonds. The van der Waals surface area contributed by atoms with Crippen LogP contribution >= 0.6 is 0 Å². The van der Waals surface area contributed by atoms with E-state index in [4.69, 9.17) is 0 Å². The zero-order chi connectivity index (χ0) is 22.3. The van der Waals surface area contributed by atoms with Crippen LogP contribution in [0.5, 0.6) is 0 Å². The highest BCUT2D eigenvalue weighted by atomic mass is 19.3. The SMILES string of the molecule is C=C(C)/C=C(CCC)/C(=C/C)/N=C\C(=C)CC1CC(c2ccc(C(F)F)c(F)c2)C1. The van der Waals surface area contributed by atoms with Gasteiger partial charge in [-0.1, -0.05) is 56.4 Å². The first-order valence-corrected chi connectivity index (χ1v) is 10.6. The monoisotopic (exact) mass is 415 g/mol. The molecule has 1 saturated carbocycles. The Bertz CT molecular complexity index is 855. The molecule has 1 aliphatic rings. The highest BCUT2D eigenvalue weighted by Gasteiger charge is 2.31. The molecule has 4 heteroatoms. The molecule has 1 fully saturated rings. The molecule has 0 unspecified atom stereocenters. The Kier molecular flexibility index (Phi) is 8.88. The third kappa shape index (κ3) is 6.58. The Morgan fingerprint density at radius 1 is 1.27 bits per heavy atom. The molecule has 0 aliphatic heterocycles. The van der Waals surface area contributed by atoms with E-state index in [1.807, 2.05) is 26.1 Å². The van der Waals surface area contributed by atoms with Gasteiger partial charge in [0.25, 0.3) is 6.43 Å². The van der Waals surface area contributed by atoms with Crippen LogP contribution in [0.1, 0.15) is 76.3 Å². The first-order chi connectivity index (χ1) is 14.2. The van der Waals surface area contributed by atoms with E-state index in [2.05, 4.69) is 31.2 Å². The Hall–Kier alpha value is -2.36. The van der Waals surface area contributed by atoms with E-state index >= 15 is 0 Å². The van der Waals surface area contributed by atoms with Crippen LogP contribution < -0.4 is 0 Å². The van der Waals surface area contributed by atoms with Crippen molar-refractivity contribution in [3.63, 3.8) is 0 Å². The van der Waals surface area contributed by atoms with Crippen molar-refractivity contribution in [2.24, 2.45) is 10.9 Å². The van der Waals surface area contributed by atoms with Crippen LogP contribution in [0.15, 0.2) is 70.9 Å². The number of halogens is 3. The average Bonchev–Trinajstić information content (AvgIpc) is 2.64. The molecule has 0 saturated heterocycles. The highest BCUT2D eigenvalue weighted by molar-refractivity contribution is 5.79. The van der Waals surface area contributed by atoms with E-state index < -0.39 is 17.8 Å². The van der Waals surface area contributed by atoms with E-state index in [-0.39, 0.29) is 5.92 Å². The molecule has 2 rings (SSSR count). The second-order valence-corrected chi connectivity index (χ2v) is 8.18. The molecule has 0 aromatic heterocycles. The van der Waals surface area contributed by atoms with Gasteiger partial charge in [-0.2, -0.15) is 0 Å². The van der Waals surface area contributed by atoms with Crippen LogP contribution in [0.3, 0.4) is 0 Å². The Morgan fingerprint density at radius 2 is 1.97 bits per heavy atom. The van der Waals surface area contributed by atoms with Crippen LogP contribution in [0.25, 0.3) is 0 Å². The molecule has 0 heterocycles. The lowest BCUT2D eigenvalue weighted by Crippen LogP contribution is -2.22. The van der Waals surface area contributed by atoms with Crippen molar-refractivity contribution in [3.05, 3.63) is 82.9 Å². The minimum atomic E-state index is -2.78. The van der Waals surface area contributed by atoms with Crippen LogP contribution in [-0.2, 0) is 0 Å². The second-order valence-electron chi connectivity index (χ2n) is 8.18. The predicted octanol–water partition coefficient (Wildman–Crippen LogP) is 8.48. The number of nitrogens with zero attached hydrogens (tertiary/aromatic N) is 1. The maximum Gasteiger partial charge on any atom is 0.266 e. The van der Waals surface area contributed by atoms with Crippen molar-refractivity contribution in [3.8, 4) is 0 Å². The van der Waals surface area contributed by atoms with Crippen molar-refractivity contribution in [1.82, 2.24) is 0 Å². The normalized spacial score (nSPS) is 20.0. The van der Waals surface area contributed by atoms with E-state index in [0.717, 1.165) is 54.5 Å². The number of alkyl halides is 2. The molecule has 30 heavy (non-hydrogen) atoms. The lowest BCUT2D eigenvalue weighted by molar-refractivity contribution is 0.146. The van der Waals surface area contributed by atoms with Gasteiger partial charge in [-0.05, 0) is 74.1 Å². The quantitative estimate of drug-likeness (QED) is 0.268. The topological polar surface area (TPSA) is 12.4 Å². The summed E-state index contributed by atoms with van der Waals surface area (Å²) in [4.78, 5) is 4.65. The molecule has 1 aliphatic carbocycles. The third-order valence-electron chi connectivity index (χ3n) is 5.45. The van der Waals surface area contributed by atoms with Gasteiger partial charge in [0.15, 0.2) is 0 Å². The molecule has 0 radical (unpaired) electrons. The van der Waals surface area contributed by atoms with E-state index in [0.29, 0.717) is 5.92 Å². The van der Waals surface area contributed by atoms with Gasteiger partial charge in [0.2, 0.25) is 0 Å². The first kappa shape index (κ1) is 23.9. The van der Waals surface area contributed by atoms with Crippen LogP contribution in [0.2, 0.25) is 0 Å². The van der Waals surface area contributed by atoms with Gasteiger partial charge in [0.1, 0.15) is 5.82 Å². The van der Waals surface area contributed by atoms with Crippen molar-refractivity contribution < 1.29 is 13.2 Å². The average molecular weight is 416 g/mol. The first-order valence-electron chi connectivity index (χ1n) is 10.6. The Labute approximate surface area is 178 Å². The molecule has 1 aromatic carbocycles. The fraction of sp³-hybridized carbons (Fsp3) is 0.423. The Morgan fingerprint density at radius 3 is 2.50 bits per heavy atom. The summed E-state index contributed by atoms with van der Waals surface area (Å²) in [7, 11) is 0. The van der Waals surface area contributed by atoms with Gasteiger partial charge < -0.3 is 0 Å². The van der Waals surface area contributed by atoms with Gasteiger partial charge in [0, 0.05) is 6.21 Å². The minimum Gasteiger partial charge on any atom is -0.257 e. The summed E-state index contributed by atoms with van der Waals surface area (Å²) in [6, 6.07) is 4.10. The fourth-order valence-corrected chi connectivity index (χ4v) is 3.92. The van der Waals surface area contributed by atoms with Crippen LogP contribution in [-0.4, -0.2) is 6.21 Å². The minimum absolute atomic E-state index is 0.224. The second kappa shape index (κ2) is 11.1. The standard InChI is InChI=1S/C26H32F3N/c1-6-8-21(11-17(3)4)25(7-2)30-16-18(5)12-19-13-22(14-19)20-9-10-23(26(28)29)24(27)15-20/h7,9-11,15-16,19,22,26H,3,5-6,8,12-14H2,1-2,4H3/b21-11+,25-7-,30-16-. The van der Waals surface area contributed by atoms with Crippen LogP contribution in [0.4, 0.5) is 13.2 Å². The number of allylic oxidation sites excluding steroid dienone is 5. The molecule has 0 N–H and O–H groups in total. The molecule has 162 valence electrons. The summed E-state index contributed by atoms with van der Waals surface area (Å²) >= 11 is 0. The Balaban J connectivity index is 1.91. The molecular weight excluding hydrogens is 383 g/mol. The van der Waals surface area contributed by atoms with Gasteiger partial charge in [0.05, 0.1) is 11.3 Å². The molecule has 1 nitrogen and oxygen atoms in total. The molecular formula is C26H32F3N. The van der Waals surface area contributed by atoms with Gasteiger partial charge in [-0.3, -0.25) is 4.99 Å². The van der Waals surface area contributed by atoms with E-state index in [1.54, 1.807) is 6.07 Å². The smallest absolute Gasteiger partial charge is 0.257 e. The van der Waals surface area contributed by atoms with Gasteiger partial charge in [-0.25, -0.2) is 13.2 Å². The van der Waals surface area contributed by atoms with Gasteiger partial charge in [-0.15, -0.1) is 0 Å². The lowest BCUT2D eigenvalue weighted by Gasteiger charge is -2.36. The number of aliphatic imine (C=N–C) groups is 1. The molecule has 1 aromatic rings. The largest absolute Gasteiger partial charge is 0.266 e. The molecule has 0 spiro atoms. The third-order valence-corrected chi connectivity index (χ3v) is 5.45. The van der Waals surface area contributed by atoms with Crippen molar-refractivity contribution in [1.29, 1.82) is 0 Å². The van der Waals surface area contributed by atoms with E-state index in [1.165, 1.54) is 17.7 Å². The summed E-state index contributed by atoms with van der Waals surface area (Å²) in [5.74, 6) is -0.129. The maximum absolute atomic E-state index is 13.8. The number of hydrogen-bond donors (Lipinski definition) is 0. The lowest BCUT2D eigenvalue weighted by atomic mass is 9.69. The zero-order valence-corrected chi connectivity index (χ0v) is 18.2. The summed E-state index contributed by atoms with van der Waals surface area (Å²) in [5, 5.41) is 0. The fourth-order valence-electron chi connectivity index (χ4n) is 3.92. The number of benzene rings is 1. The van der Waals surface area contributed by atoms with Crippen molar-refractivity contribution in [2.45, 2.75) is 65.2 Å². The van der Waals surface area contributed by atoms with Gasteiger partial charge >= 0.3 is 0 Å². The van der Waals surface area contributed by atoms with Crippen LogP contribution in [0, 0.1) is 11.7 Å². The van der Waals surface area contributed by atoms with E-state index in [9.17, 15) is 13.2 Å². The van der Waals surface area contributed by atoms with Crippen molar-refractivity contribution in [2.75, 3.05) is 0 Å². The summed E-state index contributed by atoms with van der Waals surface area (Å²) in [6.07, 6.45) is 7.78. The summed E-state index contributed by atoms with van der Waals surface area (Å²) in [6.45, 7) is 14.2. The maximum atomic E-state index is 13.8. The zero-order valence-electron chi connectivity index (χ0n) is 18.2. The number of hydrogen-bond acceptors (Lipinski definition) is 1. The highest BCUT2D eigenvalue weighted by Crippen LogP contribution is 2.44.